The van der Waals surface area contributed by atoms with Gasteiger partial charge in [-0.3, -0.25) is 0 Å². The molecule has 2 aromatic heterocycles. The lowest BCUT2D eigenvalue weighted by molar-refractivity contribution is 0.240. The highest BCUT2D eigenvalue weighted by atomic mass is 79.9. The fraction of sp³-hybridized carbons (Fsp3) is 0.412. The first-order valence-electron chi connectivity index (χ1n) is 7.83. The number of aliphatic hydroxyl groups excluding tert-OH is 1. The SMILES string of the molecule is Clc1ccc(Br)cn1.OCCC1CCN(c2ccc(Br)cn2)CC1. The third-order valence-corrected chi connectivity index (χ3v) is 5.04. The van der Waals surface area contributed by atoms with Crippen LogP contribution in [0.2, 0.25) is 5.15 Å². The zero-order chi connectivity index (χ0) is 17.4. The van der Waals surface area contributed by atoms with Crippen molar-refractivity contribution in [3.8, 4) is 0 Å². The van der Waals surface area contributed by atoms with E-state index in [0.29, 0.717) is 17.7 Å². The quantitative estimate of drug-likeness (QED) is 0.636. The van der Waals surface area contributed by atoms with E-state index in [1.165, 1.54) is 0 Å². The van der Waals surface area contributed by atoms with Gasteiger partial charge < -0.3 is 10.0 Å². The Kier molecular flexibility index (Phi) is 8.45. The van der Waals surface area contributed by atoms with E-state index < -0.39 is 0 Å². The molecule has 0 aliphatic carbocycles. The van der Waals surface area contributed by atoms with Gasteiger partial charge in [-0.1, -0.05) is 11.6 Å². The first-order chi connectivity index (χ1) is 11.6. The number of piperidine rings is 1. The van der Waals surface area contributed by atoms with E-state index in [4.69, 9.17) is 16.7 Å². The summed E-state index contributed by atoms with van der Waals surface area (Å²) >= 11 is 12.1. The molecule has 0 atom stereocenters. The molecule has 0 amide bonds. The lowest BCUT2D eigenvalue weighted by Gasteiger charge is -2.32. The maximum atomic E-state index is 8.90. The van der Waals surface area contributed by atoms with Gasteiger partial charge in [0.2, 0.25) is 0 Å². The lowest BCUT2D eigenvalue weighted by Crippen LogP contribution is -2.34. The van der Waals surface area contributed by atoms with Gasteiger partial charge in [-0.25, -0.2) is 9.97 Å². The van der Waals surface area contributed by atoms with Crippen molar-refractivity contribution in [1.82, 2.24) is 9.97 Å². The Bertz CT molecular complexity index is 581. The minimum absolute atomic E-state index is 0.321. The second kappa shape index (κ2) is 10.3. The van der Waals surface area contributed by atoms with Crippen molar-refractivity contribution in [2.24, 2.45) is 5.92 Å². The van der Waals surface area contributed by atoms with Gasteiger partial charge in [0.25, 0.3) is 0 Å². The predicted molar refractivity (Wildman–Crippen MR) is 106 cm³/mol. The Morgan fingerprint density at radius 2 is 1.67 bits per heavy atom. The molecule has 0 spiro atoms. The van der Waals surface area contributed by atoms with Gasteiger partial charge in [0.15, 0.2) is 0 Å². The third-order valence-electron chi connectivity index (χ3n) is 3.88. The normalized spacial score (nSPS) is 14.9. The lowest BCUT2D eigenvalue weighted by atomic mass is 9.94. The number of aromatic nitrogens is 2. The standard InChI is InChI=1S/C12H17BrN2O.C5H3BrClN/c13-11-1-2-12(14-9-11)15-6-3-10(4-7-15)5-8-16;6-4-1-2-5(7)8-3-4/h1-2,9-10,16H,3-8H2;1-3H. The van der Waals surface area contributed by atoms with Crippen LogP contribution in [0.15, 0.2) is 45.6 Å². The fourth-order valence-corrected chi connectivity index (χ4v) is 3.13. The van der Waals surface area contributed by atoms with Crippen LogP contribution in [-0.4, -0.2) is 34.8 Å². The molecule has 0 saturated carbocycles. The number of nitrogens with zero attached hydrogens (tertiary/aromatic N) is 3. The first-order valence-corrected chi connectivity index (χ1v) is 9.79. The van der Waals surface area contributed by atoms with E-state index >= 15 is 0 Å². The summed E-state index contributed by atoms with van der Waals surface area (Å²) in [5.41, 5.74) is 0. The molecule has 0 aromatic carbocycles. The van der Waals surface area contributed by atoms with E-state index in [1.807, 2.05) is 18.3 Å². The largest absolute Gasteiger partial charge is 0.396 e. The van der Waals surface area contributed by atoms with E-state index in [-0.39, 0.29) is 0 Å². The highest BCUT2D eigenvalue weighted by molar-refractivity contribution is 9.10. The van der Waals surface area contributed by atoms with Crippen molar-refractivity contribution in [3.63, 3.8) is 0 Å². The molecule has 0 bridgehead atoms. The van der Waals surface area contributed by atoms with Gasteiger partial charge in [-0.15, -0.1) is 0 Å². The molecule has 1 fully saturated rings. The van der Waals surface area contributed by atoms with Crippen LogP contribution in [0.5, 0.6) is 0 Å². The van der Waals surface area contributed by atoms with Crippen molar-refractivity contribution in [2.75, 3.05) is 24.6 Å². The molecule has 0 radical (unpaired) electrons. The maximum absolute atomic E-state index is 8.90. The number of halogens is 3. The summed E-state index contributed by atoms with van der Waals surface area (Å²) in [5.74, 6) is 1.75. The Hall–Kier alpha value is -0.690. The summed E-state index contributed by atoms with van der Waals surface area (Å²) in [6.07, 6.45) is 6.77. The van der Waals surface area contributed by atoms with Crippen LogP contribution in [0.3, 0.4) is 0 Å². The zero-order valence-corrected chi connectivity index (χ0v) is 17.1. The predicted octanol–water partition coefficient (Wildman–Crippen LogP) is 4.94. The van der Waals surface area contributed by atoms with Gasteiger partial charge in [0.05, 0.1) is 0 Å². The molecule has 3 heterocycles. The summed E-state index contributed by atoms with van der Waals surface area (Å²) in [5, 5.41) is 9.42. The molecule has 7 heteroatoms. The number of aliphatic hydroxyl groups is 1. The summed E-state index contributed by atoms with van der Waals surface area (Å²) in [6.45, 7) is 2.43. The van der Waals surface area contributed by atoms with E-state index in [1.54, 1.807) is 12.3 Å². The number of hydrogen-bond acceptors (Lipinski definition) is 4. The number of anilines is 1. The second-order valence-corrected chi connectivity index (χ2v) is 7.80. The van der Waals surface area contributed by atoms with Gasteiger partial charge in [-0.2, -0.15) is 0 Å². The third kappa shape index (κ3) is 6.67. The van der Waals surface area contributed by atoms with Crippen LogP contribution < -0.4 is 4.90 Å². The van der Waals surface area contributed by atoms with Crippen LogP contribution in [0.1, 0.15) is 19.3 Å². The van der Waals surface area contributed by atoms with E-state index in [9.17, 15) is 0 Å². The smallest absolute Gasteiger partial charge is 0.129 e. The summed E-state index contributed by atoms with van der Waals surface area (Å²) < 4.78 is 1.97. The van der Waals surface area contributed by atoms with Crippen molar-refractivity contribution >= 4 is 49.3 Å². The molecule has 2 aromatic rings. The first kappa shape index (κ1) is 19.6. The van der Waals surface area contributed by atoms with Gasteiger partial charge in [0.1, 0.15) is 11.0 Å². The minimum atomic E-state index is 0.321. The summed E-state index contributed by atoms with van der Waals surface area (Å²) in [6, 6.07) is 7.65. The van der Waals surface area contributed by atoms with Crippen molar-refractivity contribution < 1.29 is 5.11 Å². The summed E-state index contributed by atoms with van der Waals surface area (Å²) in [4.78, 5) is 10.5. The van der Waals surface area contributed by atoms with Gasteiger partial charge in [0, 0.05) is 41.0 Å². The molecule has 1 aliphatic heterocycles. The van der Waals surface area contributed by atoms with E-state index in [2.05, 4.69) is 52.8 Å². The molecule has 130 valence electrons. The highest BCUT2D eigenvalue weighted by Gasteiger charge is 2.19. The van der Waals surface area contributed by atoms with Crippen molar-refractivity contribution in [3.05, 3.63) is 50.8 Å². The Labute approximate surface area is 164 Å². The Morgan fingerprint density at radius 3 is 2.12 bits per heavy atom. The van der Waals surface area contributed by atoms with Crippen molar-refractivity contribution in [2.45, 2.75) is 19.3 Å². The summed E-state index contributed by atoms with van der Waals surface area (Å²) in [7, 11) is 0. The number of pyridine rings is 2. The monoisotopic (exact) mass is 475 g/mol. The van der Waals surface area contributed by atoms with Crippen LogP contribution >= 0.6 is 43.5 Å². The highest BCUT2D eigenvalue weighted by Crippen LogP contribution is 2.24. The Balaban J connectivity index is 0.000000219. The van der Waals surface area contributed by atoms with Crippen molar-refractivity contribution in [1.29, 1.82) is 0 Å². The molecule has 1 N–H and O–H groups in total. The minimum Gasteiger partial charge on any atom is -0.396 e. The second-order valence-electron chi connectivity index (χ2n) is 5.58. The zero-order valence-electron chi connectivity index (χ0n) is 13.2. The molecule has 3 rings (SSSR count). The van der Waals surface area contributed by atoms with Crippen LogP contribution in [0.25, 0.3) is 0 Å². The maximum Gasteiger partial charge on any atom is 0.129 e. The molecule has 1 saturated heterocycles. The van der Waals surface area contributed by atoms with Crippen LogP contribution in [-0.2, 0) is 0 Å². The number of hydrogen-bond donors (Lipinski definition) is 1. The average molecular weight is 478 g/mol. The van der Waals surface area contributed by atoms with Crippen LogP contribution in [0.4, 0.5) is 5.82 Å². The topological polar surface area (TPSA) is 49.3 Å². The molecule has 4 nitrogen and oxygen atoms in total. The Morgan fingerprint density at radius 1 is 1.04 bits per heavy atom. The van der Waals surface area contributed by atoms with Gasteiger partial charge >= 0.3 is 0 Å². The molecule has 0 unspecified atom stereocenters. The molecular formula is C17H20Br2ClN3O. The average Bonchev–Trinajstić information content (AvgIpc) is 2.60. The number of rotatable bonds is 3. The molecule has 1 aliphatic rings. The van der Waals surface area contributed by atoms with E-state index in [0.717, 1.165) is 47.1 Å². The molecular weight excluding hydrogens is 457 g/mol. The fourth-order valence-electron chi connectivity index (χ4n) is 2.55. The van der Waals surface area contributed by atoms with Crippen LogP contribution in [0, 0.1) is 5.92 Å². The van der Waals surface area contributed by atoms with Gasteiger partial charge in [-0.05, 0) is 81.3 Å². The molecule has 24 heavy (non-hydrogen) atoms.